The first kappa shape index (κ1) is 45.1. The van der Waals surface area contributed by atoms with Crippen LogP contribution in [0, 0.1) is 17.8 Å². The summed E-state index contributed by atoms with van der Waals surface area (Å²) < 4.78 is 0. The van der Waals surface area contributed by atoms with E-state index in [4.69, 9.17) is 5.73 Å². The number of rotatable bonds is 20. The maximum absolute atomic E-state index is 14.1. The molecule has 13 heteroatoms. The van der Waals surface area contributed by atoms with Crippen LogP contribution in [0.15, 0.2) is 48.5 Å². The van der Waals surface area contributed by atoms with Crippen LogP contribution >= 0.6 is 0 Å². The topological polar surface area (TPSA) is 223 Å². The van der Waals surface area contributed by atoms with Crippen molar-refractivity contribution >= 4 is 35.2 Å². The summed E-state index contributed by atoms with van der Waals surface area (Å²) in [6.07, 6.45) is 5.56. The molecule has 2 aliphatic rings. The van der Waals surface area contributed by atoms with E-state index in [2.05, 4.69) is 26.6 Å². The third kappa shape index (κ3) is 14.4. The lowest BCUT2D eigenvalue weighted by atomic mass is 9.83. The molecule has 4 rings (SSSR count). The Bertz CT molecular complexity index is 1560. The fourth-order valence-corrected chi connectivity index (χ4v) is 7.47. The molecule has 1 saturated carbocycles. The molecule has 5 amide bonds. The van der Waals surface area contributed by atoms with Crippen molar-refractivity contribution in [2.75, 3.05) is 18.4 Å². The largest absolute Gasteiger partial charge is 0.412 e. The van der Waals surface area contributed by atoms with E-state index in [0.29, 0.717) is 44.0 Å². The molecule has 0 saturated heterocycles. The minimum Gasteiger partial charge on any atom is -0.412 e. The van der Waals surface area contributed by atoms with Crippen molar-refractivity contribution in [1.29, 1.82) is 0 Å². The second kappa shape index (κ2) is 22.3. The SMILES string of the molecule is CC(C)CNC(=O)C[C@H](O)[C@H](CC1CCCCC1)NC(=O)[C@H](CC(C)C)NC(=O)[C@H](Cc1ccccc1)NC(=O)CC1C(=O)Nc2ccc(CCN)cc21.O. The van der Waals surface area contributed by atoms with Gasteiger partial charge in [0, 0.05) is 25.1 Å². The Labute approximate surface area is 326 Å². The number of anilines is 1. The summed E-state index contributed by atoms with van der Waals surface area (Å²) in [7, 11) is 0. The second-order valence-electron chi connectivity index (χ2n) is 16.0. The molecule has 0 aromatic heterocycles. The highest BCUT2D eigenvalue weighted by molar-refractivity contribution is 6.05. The van der Waals surface area contributed by atoms with Crippen molar-refractivity contribution in [1.82, 2.24) is 21.3 Å². The second-order valence-corrected chi connectivity index (χ2v) is 16.0. The molecule has 10 N–H and O–H groups in total. The average Bonchev–Trinajstić information content (AvgIpc) is 3.43. The lowest BCUT2D eigenvalue weighted by molar-refractivity contribution is -0.133. The van der Waals surface area contributed by atoms with E-state index in [9.17, 15) is 29.1 Å². The summed E-state index contributed by atoms with van der Waals surface area (Å²) in [4.78, 5) is 67.5. The van der Waals surface area contributed by atoms with Crippen molar-refractivity contribution in [2.24, 2.45) is 23.5 Å². The number of nitrogens with two attached hydrogens (primary N) is 1. The Morgan fingerprint density at radius 3 is 2.20 bits per heavy atom. The first-order chi connectivity index (χ1) is 25.8. The van der Waals surface area contributed by atoms with Gasteiger partial charge < -0.3 is 42.9 Å². The van der Waals surface area contributed by atoms with Gasteiger partial charge in [-0.05, 0) is 66.3 Å². The fourth-order valence-electron chi connectivity index (χ4n) is 7.47. The number of fused-ring (bicyclic) bond motifs is 1. The number of hydrogen-bond acceptors (Lipinski definition) is 7. The van der Waals surface area contributed by atoms with Gasteiger partial charge >= 0.3 is 0 Å². The zero-order valence-corrected chi connectivity index (χ0v) is 33.0. The highest BCUT2D eigenvalue weighted by Gasteiger charge is 2.35. The molecular weight excluding hydrogens is 700 g/mol. The van der Waals surface area contributed by atoms with Crippen LogP contribution in [0.2, 0.25) is 0 Å². The molecular formula is C42H64N6O7. The molecule has 1 fully saturated rings. The van der Waals surface area contributed by atoms with E-state index in [0.717, 1.165) is 48.8 Å². The van der Waals surface area contributed by atoms with Crippen LogP contribution in [-0.4, -0.2) is 77.4 Å². The van der Waals surface area contributed by atoms with E-state index in [1.54, 1.807) is 0 Å². The monoisotopic (exact) mass is 764 g/mol. The molecule has 5 atom stereocenters. The molecule has 1 unspecified atom stereocenters. The Kier molecular flexibility index (Phi) is 18.3. The molecule has 0 bridgehead atoms. The van der Waals surface area contributed by atoms with E-state index < -0.39 is 47.9 Å². The van der Waals surface area contributed by atoms with Gasteiger partial charge in [-0.15, -0.1) is 0 Å². The maximum atomic E-state index is 14.1. The Morgan fingerprint density at radius 1 is 0.855 bits per heavy atom. The van der Waals surface area contributed by atoms with Gasteiger partial charge in [-0.2, -0.15) is 0 Å². The van der Waals surface area contributed by atoms with Crippen LogP contribution in [0.5, 0.6) is 0 Å². The highest BCUT2D eigenvalue weighted by atomic mass is 16.3. The highest BCUT2D eigenvalue weighted by Crippen LogP contribution is 2.35. The van der Waals surface area contributed by atoms with Crippen molar-refractivity contribution < 1.29 is 34.6 Å². The smallest absolute Gasteiger partial charge is 0.243 e. The zero-order chi connectivity index (χ0) is 39.2. The molecule has 2 aromatic rings. The molecule has 1 aliphatic carbocycles. The number of carbonyl (C=O) groups excluding carboxylic acids is 5. The number of benzene rings is 2. The molecule has 0 spiro atoms. The van der Waals surface area contributed by atoms with Gasteiger partial charge in [0.25, 0.3) is 0 Å². The minimum atomic E-state index is -1.10. The first-order valence-electron chi connectivity index (χ1n) is 19.8. The molecule has 1 aliphatic heterocycles. The van der Waals surface area contributed by atoms with Gasteiger partial charge in [0.05, 0.1) is 24.5 Å². The Morgan fingerprint density at radius 2 is 1.55 bits per heavy atom. The van der Waals surface area contributed by atoms with Crippen LogP contribution in [0.4, 0.5) is 5.69 Å². The minimum absolute atomic E-state index is 0. The van der Waals surface area contributed by atoms with Gasteiger partial charge in [0.2, 0.25) is 29.5 Å². The number of nitrogens with one attached hydrogen (secondary N) is 5. The number of carbonyl (C=O) groups is 5. The van der Waals surface area contributed by atoms with Crippen LogP contribution in [0.25, 0.3) is 0 Å². The number of aliphatic hydroxyl groups is 1. The maximum Gasteiger partial charge on any atom is 0.243 e. The normalized spacial score (nSPS) is 17.6. The summed E-state index contributed by atoms with van der Waals surface area (Å²) in [5.41, 5.74) is 8.91. The zero-order valence-electron chi connectivity index (χ0n) is 33.0. The number of amides is 5. The quantitative estimate of drug-likeness (QED) is 0.107. The van der Waals surface area contributed by atoms with Gasteiger partial charge in [-0.3, -0.25) is 24.0 Å². The van der Waals surface area contributed by atoms with Crippen molar-refractivity contribution in [3.8, 4) is 0 Å². The number of hydrogen-bond donors (Lipinski definition) is 7. The van der Waals surface area contributed by atoms with Gasteiger partial charge in [0.15, 0.2) is 0 Å². The van der Waals surface area contributed by atoms with E-state index in [1.807, 2.05) is 76.2 Å². The number of aliphatic hydroxyl groups excluding tert-OH is 1. The molecule has 13 nitrogen and oxygen atoms in total. The summed E-state index contributed by atoms with van der Waals surface area (Å²) >= 11 is 0. The van der Waals surface area contributed by atoms with Crippen LogP contribution in [0.3, 0.4) is 0 Å². The molecule has 0 radical (unpaired) electrons. The summed E-state index contributed by atoms with van der Waals surface area (Å²) in [6.45, 7) is 8.83. The Hall–Kier alpha value is -4.33. The molecule has 1 heterocycles. The van der Waals surface area contributed by atoms with E-state index in [-0.39, 0.29) is 48.4 Å². The van der Waals surface area contributed by atoms with Crippen molar-refractivity contribution in [3.05, 3.63) is 65.2 Å². The fraction of sp³-hybridized carbons (Fsp3) is 0.595. The van der Waals surface area contributed by atoms with Crippen molar-refractivity contribution in [3.63, 3.8) is 0 Å². The average molecular weight is 765 g/mol. The van der Waals surface area contributed by atoms with E-state index in [1.165, 1.54) is 0 Å². The molecule has 304 valence electrons. The standard InChI is InChI=1S/C42H62N6O6.H2O/c1-26(2)19-35(41(53)47-34(21-28-11-7-5-8-12-28)37(49)24-38(50)44-25-27(3)4)48-42(54)36(22-29-13-9-6-10-14-29)45-39(51)23-32-31-20-30(17-18-43)15-16-33(31)46-40(32)52;/h6,9-10,13-16,20,26-28,32,34-37,49H,5,7-8,11-12,17-19,21-25,43H2,1-4H3,(H,44,50)(H,45,51)(H,46,52)(H,47,53)(H,48,54);1H2/t32?,34-,35-,36-,37-;/m0./s1. The lowest BCUT2D eigenvalue weighted by Gasteiger charge is -2.32. The third-order valence-electron chi connectivity index (χ3n) is 10.4. The first-order valence-corrected chi connectivity index (χ1v) is 19.8. The van der Waals surface area contributed by atoms with Crippen LogP contribution < -0.4 is 32.3 Å². The third-order valence-corrected chi connectivity index (χ3v) is 10.4. The molecule has 2 aromatic carbocycles. The predicted octanol–water partition coefficient (Wildman–Crippen LogP) is 3.03. The van der Waals surface area contributed by atoms with Gasteiger partial charge in [0.1, 0.15) is 12.1 Å². The lowest BCUT2D eigenvalue weighted by Crippen LogP contribution is -2.57. The van der Waals surface area contributed by atoms with Crippen molar-refractivity contribution in [2.45, 2.75) is 128 Å². The van der Waals surface area contributed by atoms with Crippen LogP contribution in [0.1, 0.15) is 108 Å². The van der Waals surface area contributed by atoms with E-state index >= 15 is 0 Å². The summed E-state index contributed by atoms with van der Waals surface area (Å²) in [5, 5.41) is 25.8. The van der Waals surface area contributed by atoms with Gasteiger partial charge in [-0.1, -0.05) is 102 Å². The van der Waals surface area contributed by atoms with Gasteiger partial charge in [-0.25, -0.2) is 0 Å². The predicted molar refractivity (Wildman–Crippen MR) is 214 cm³/mol. The summed E-state index contributed by atoms with van der Waals surface area (Å²) in [6, 6.07) is 12.2. The van der Waals surface area contributed by atoms with Crippen LogP contribution in [-0.2, 0) is 36.8 Å². The Balaban J connectivity index is 0.00000812. The summed E-state index contributed by atoms with van der Waals surface area (Å²) in [5.74, 6) is -2.15. The molecule has 55 heavy (non-hydrogen) atoms.